The first kappa shape index (κ1) is 47.0. The molecule has 4 aromatic carbocycles. The van der Waals surface area contributed by atoms with Crippen LogP contribution in [-0.4, -0.2) is 0 Å². The number of aryl methyl sites for hydroxylation is 14. The highest BCUT2D eigenvalue weighted by Gasteiger charge is 2.25. The first-order chi connectivity index (χ1) is 43.4. The van der Waals surface area contributed by atoms with Crippen LogP contribution in [0.4, 0.5) is 0 Å². The third-order valence-corrected chi connectivity index (χ3v) is 14.3. The van der Waals surface area contributed by atoms with E-state index in [1.54, 1.807) is 78.8 Å². The van der Waals surface area contributed by atoms with E-state index in [0.717, 1.165) is 53.8 Å². The van der Waals surface area contributed by atoms with Gasteiger partial charge in [-0.2, -0.15) is 0 Å². The molecule has 4 heteroatoms. The van der Waals surface area contributed by atoms with Crippen molar-refractivity contribution < 1.29 is 37.5 Å². The largest absolute Gasteiger partial charge is 0.212 e. The highest BCUT2D eigenvalue weighted by Crippen LogP contribution is 2.32. The summed E-state index contributed by atoms with van der Waals surface area (Å²) in [5.74, 6) is 1.37. The maximum Gasteiger partial charge on any atom is 0.212 e. The molecule has 4 nitrogen and oxygen atoms in total. The molecular formula is C77H106N4+4. The zero-order valence-electron chi connectivity index (χ0n) is 67.0. The monoisotopic (exact) mass is 1100 g/mol. The van der Waals surface area contributed by atoms with E-state index in [-0.39, 0.29) is 22.1 Å². The van der Waals surface area contributed by atoms with Crippen molar-refractivity contribution in [1.82, 2.24) is 0 Å². The van der Waals surface area contributed by atoms with Gasteiger partial charge in [0.25, 0.3) is 0 Å². The predicted molar refractivity (Wildman–Crippen MR) is 348 cm³/mol. The maximum atomic E-state index is 7.87. The predicted octanol–water partition coefficient (Wildman–Crippen LogP) is 17.6. The second-order valence-electron chi connectivity index (χ2n) is 26.0. The molecule has 81 heavy (non-hydrogen) atoms. The van der Waals surface area contributed by atoms with Crippen LogP contribution in [0.5, 0.6) is 0 Å². The van der Waals surface area contributed by atoms with Gasteiger partial charge in [0.15, 0.2) is 24.8 Å². The Hall–Kier alpha value is -6.52. The number of hydrogen-bond donors (Lipinski definition) is 0. The van der Waals surface area contributed by atoms with Crippen LogP contribution in [0.25, 0.3) is 45.0 Å². The van der Waals surface area contributed by atoms with Crippen molar-refractivity contribution in [2.45, 2.75) is 170 Å². The molecule has 0 aliphatic rings. The fourth-order valence-electron chi connectivity index (χ4n) is 10.7. The van der Waals surface area contributed by atoms with Crippen LogP contribution < -0.4 is 18.3 Å². The normalized spacial score (nSPS) is 14.8. The molecule has 0 saturated carbocycles. The summed E-state index contributed by atoms with van der Waals surface area (Å²) in [4.78, 5) is 0. The number of benzene rings is 4. The van der Waals surface area contributed by atoms with Crippen molar-refractivity contribution in [2.75, 3.05) is 0 Å². The molecule has 0 radical (unpaired) electrons. The van der Waals surface area contributed by atoms with E-state index in [1.807, 2.05) is 6.92 Å². The third-order valence-electron chi connectivity index (χ3n) is 14.3. The molecule has 0 aliphatic heterocycles. The van der Waals surface area contributed by atoms with Crippen LogP contribution in [-0.2, 0) is 60.2 Å². The van der Waals surface area contributed by atoms with E-state index in [2.05, 4.69) is 181 Å². The first-order valence-electron chi connectivity index (χ1n) is 35.8. The SMILES string of the molecule is Cc1ccc(-c2cc(CC(C)(C)C)c(CC(C)(C)C)c[n+]2C)c(C)c1.Cc1ccc(-c2cc(CC(C)C)c(CC(C)C)c[n+]2C)c(C)c1.[2H]C([2H])([2H])c1ccc(-c2ccc(C([2H])([2H])C([2H])([2H])[2H])cc2C)[n+](C)c1.[2H]C([2H])([2H])c1ccc(-c2ccc(C([2H])([2H])[2H])c[n+]2C)c(C)c1. The molecule has 0 atom stereocenters. The second kappa shape index (κ2) is 28.5. The minimum atomic E-state index is -2.76. The van der Waals surface area contributed by atoms with Gasteiger partial charge < -0.3 is 0 Å². The number of pyridine rings is 4. The first-order valence-corrected chi connectivity index (χ1v) is 28.8. The Morgan fingerprint density at radius 1 is 0.383 bits per heavy atom. The molecule has 4 heterocycles. The van der Waals surface area contributed by atoms with Crippen LogP contribution in [0.15, 0.2) is 134 Å². The maximum absolute atomic E-state index is 7.87. The topological polar surface area (TPSA) is 15.5 Å². The highest BCUT2D eigenvalue weighted by molar-refractivity contribution is 5.65. The summed E-state index contributed by atoms with van der Waals surface area (Å²) >= 11 is 0. The van der Waals surface area contributed by atoms with E-state index in [0.29, 0.717) is 28.4 Å². The van der Waals surface area contributed by atoms with Crippen molar-refractivity contribution in [3.63, 3.8) is 0 Å². The van der Waals surface area contributed by atoms with Crippen LogP contribution in [0.2, 0.25) is 0 Å². The Balaban J connectivity index is 0.000000230. The fraction of sp³-hybridized carbons (Fsp3) is 0.429. The van der Waals surface area contributed by atoms with Gasteiger partial charge in [-0.15, -0.1) is 0 Å². The zero-order chi connectivity index (χ0) is 72.1. The minimum Gasteiger partial charge on any atom is -0.201 e. The van der Waals surface area contributed by atoms with E-state index in [9.17, 15) is 0 Å². The molecule has 8 rings (SSSR count). The average Bonchev–Trinajstić information content (AvgIpc) is 0.798. The van der Waals surface area contributed by atoms with Crippen LogP contribution >= 0.6 is 0 Å². The Bertz CT molecular complexity index is 3900. The number of rotatable bonds is 11. The lowest BCUT2D eigenvalue weighted by atomic mass is 9.81. The van der Waals surface area contributed by atoms with Crippen molar-refractivity contribution in [3.8, 4) is 45.0 Å². The molecule has 0 bridgehead atoms. The molecule has 0 N–H and O–H groups in total. The molecule has 0 spiro atoms. The Labute approximate surface area is 513 Å². The second-order valence-corrected chi connectivity index (χ2v) is 26.0. The summed E-state index contributed by atoms with van der Waals surface area (Å²) in [5.41, 5.74) is 23.0. The summed E-state index contributed by atoms with van der Waals surface area (Å²) < 4.78 is 113. The van der Waals surface area contributed by atoms with Crippen molar-refractivity contribution in [2.24, 2.45) is 50.9 Å². The highest BCUT2D eigenvalue weighted by atomic mass is 14.9. The molecule has 8 aromatic rings. The number of nitrogens with zero attached hydrogens (tertiary/aromatic N) is 4. The quantitative estimate of drug-likeness (QED) is 0.115. The molecule has 0 fully saturated rings. The van der Waals surface area contributed by atoms with Gasteiger partial charge in [0, 0.05) is 88.0 Å². The summed E-state index contributed by atoms with van der Waals surface area (Å²) in [6.45, 7) is 26.3. The van der Waals surface area contributed by atoms with Crippen molar-refractivity contribution in [1.29, 1.82) is 0 Å². The van der Waals surface area contributed by atoms with Gasteiger partial charge in [0.05, 0.1) is 0 Å². The van der Waals surface area contributed by atoms with Crippen LogP contribution in [0.1, 0.15) is 173 Å². The molecule has 430 valence electrons. The van der Waals surface area contributed by atoms with E-state index >= 15 is 0 Å². The smallest absolute Gasteiger partial charge is 0.201 e. The lowest BCUT2D eigenvalue weighted by molar-refractivity contribution is -0.661. The fourth-order valence-corrected chi connectivity index (χ4v) is 10.7. The van der Waals surface area contributed by atoms with E-state index < -0.39 is 33.8 Å². The lowest BCUT2D eigenvalue weighted by Crippen LogP contribution is -2.33. The van der Waals surface area contributed by atoms with Crippen LogP contribution in [0.3, 0.4) is 0 Å². The average molecular weight is 1100 g/mol. The van der Waals surface area contributed by atoms with Gasteiger partial charge in [-0.3, -0.25) is 0 Å². The lowest BCUT2D eigenvalue weighted by Gasteiger charge is -2.24. The molecule has 4 aromatic heterocycles. The van der Waals surface area contributed by atoms with Gasteiger partial charge in [0.1, 0.15) is 28.2 Å². The van der Waals surface area contributed by atoms with Gasteiger partial charge in [-0.25, -0.2) is 18.3 Å². The van der Waals surface area contributed by atoms with Gasteiger partial charge >= 0.3 is 0 Å². The van der Waals surface area contributed by atoms with Gasteiger partial charge in [-0.1, -0.05) is 141 Å². The van der Waals surface area contributed by atoms with E-state index in [1.165, 1.54) is 91.4 Å². The Morgan fingerprint density at radius 3 is 1.15 bits per heavy atom. The molecule has 0 saturated heterocycles. The van der Waals surface area contributed by atoms with Gasteiger partial charge in [-0.05, 0) is 192 Å². The summed E-state index contributed by atoms with van der Waals surface area (Å²) in [6, 6.07) is 34.6. The summed E-state index contributed by atoms with van der Waals surface area (Å²) in [5, 5.41) is 0. The zero-order valence-corrected chi connectivity index (χ0v) is 53.0. The third kappa shape index (κ3) is 19.3. The van der Waals surface area contributed by atoms with Crippen LogP contribution in [0, 0.1) is 84.8 Å². The Kier molecular flexibility index (Phi) is 16.5. The summed E-state index contributed by atoms with van der Waals surface area (Å²) in [7, 11) is 7.88. The minimum absolute atomic E-state index is 0.0931. The van der Waals surface area contributed by atoms with E-state index in [4.69, 9.17) is 19.2 Å². The summed E-state index contributed by atoms with van der Waals surface area (Å²) in [6.07, 6.45) is 9.92. The molecular weight excluding hydrogens is 981 g/mol. The molecule has 0 amide bonds. The van der Waals surface area contributed by atoms with Crippen molar-refractivity contribution in [3.05, 3.63) is 212 Å². The number of hydrogen-bond acceptors (Lipinski definition) is 0. The standard InChI is InChI=1S/C24H36N.C22H32N.C16H20N.C15H18N/c1-17-10-11-21(18(2)12-17)22-13-19(14-23(3,4)5)20(16-25(22)9)15-24(6,7)8;1-15(2)10-19-13-22(21-9-8-17(5)12-18(21)6)23(7)14-20(19)11-16(3)4;1-5-14-7-8-15(13(3)10-14)16-9-6-12(2)11-17(16)4;1-11-5-7-14(13(3)9-11)15-8-6-12(2)10-16(15)4/h10-13,16H,14-15H2,1-9H3;8-9,12-16H,10-11H2,1-7H3;6-11H,5H2,1-4H3;5-10H,1-4H3/q4*+1/i;;1D3,2D3,5D2;1D3,2D3. The number of aromatic nitrogens is 4. The van der Waals surface area contributed by atoms with Crippen molar-refractivity contribution >= 4 is 0 Å². The molecule has 0 aliphatic carbocycles. The van der Waals surface area contributed by atoms with Gasteiger partial charge in [0.2, 0.25) is 22.8 Å². The molecule has 0 unspecified atom stereocenters. The Morgan fingerprint density at radius 2 is 0.741 bits per heavy atom.